The normalized spacial score (nSPS) is 20.8. The molecule has 9 heteroatoms. The number of benzene rings is 2. The van der Waals surface area contributed by atoms with Crippen molar-refractivity contribution >= 4 is 33.7 Å². The number of methoxy groups -OCH3 is 1. The van der Waals surface area contributed by atoms with Crippen LogP contribution in [-0.4, -0.2) is 78.0 Å². The van der Waals surface area contributed by atoms with Crippen LogP contribution in [-0.2, 0) is 17.6 Å². The number of carbonyl (C=O) groups is 2. The summed E-state index contributed by atoms with van der Waals surface area (Å²) in [5, 5.41) is 0. The van der Waals surface area contributed by atoms with Crippen LogP contribution in [0, 0.1) is 11.8 Å². The molecule has 0 radical (unpaired) electrons. The number of anilines is 1. The fraction of sp³-hybridized carbons (Fsp3) is 0.486. The minimum absolute atomic E-state index is 0.136. The van der Waals surface area contributed by atoms with Crippen LogP contribution in [0.3, 0.4) is 0 Å². The van der Waals surface area contributed by atoms with Crippen molar-refractivity contribution in [2.75, 3.05) is 51.3 Å². The van der Waals surface area contributed by atoms with Gasteiger partial charge in [-0.05, 0) is 85.3 Å². The molecule has 3 aromatic rings. The molecule has 44 heavy (non-hydrogen) atoms. The van der Waals surface area contributed by atoms with E-state index in [4.69, 9.17) is 4.74 Å². The summed E-state index contributed by atoms with van der Waals surface area (Å²) in [6, 6.07) is 14.1. The fourth-order valence-corrected chi connectivity index (χ4v) is 7.46. The van der Waals surface area contributed by atoms with E-state index in [2.05, 4.69) is 54.8 Å². The number of hydrogen-bond donors (Lipinski definition) is 0. The first-order chi connectivity index (χ1) is 21.4. The number of carbonyl (C=O) groups excluding carboxylic acids is 2. The Morgan fingerprint density at radius 2 is 1.61 bits per heavy atom. The van der Waals surface area contributed by atoms with Crippen LogP contribution in [0.15, 0.2) is 59.3 Å². The smallest absolute Gasteiger partial charge is 0.253 e. The molecular formula is C35H42BrN5O3. The Bertz CT molecular complexity index is 1460. The quantitative estimate of drug-likeness (QED) is 0.322. The molecule has 0 spiro atoms. The summed E-state index contributed by atoms with van der Waals surface area (Å²) >= 11 is 3.47. The van der Waals surface area contributed by atoms with Crippen molar-refractivity contribution in [3.05, 3.63) is 81.6 Å². The van der Waals surface area contributed by atoms with Crippen molar-refractivity contribution < 1.29 is 14.3 Å². The largest absolute Gasteiger partial charge is 0.496 e. The van der Waals surface area contributed by atoms with Gasteiger partial charge >= 0.3 is 0 Å². The van der Waals surface area contributed by atoms with Gasteiger partial charge in [0.25, 0.3) is 5.91 Å². The molecule has 6 rings (SSSR count). The zero-order chi connectivity index (χ0) is 30.6. The van der Waals surface area contributed by atoms with E-state index >= 15 is 0 Å². The number of fused-ring (bicyclic) bond motifs is 1. The monoisotopic (exact) mass is 659 g/mol. The summed E-state index contributed by atoms with van der Waals surface area (Å²) in [6.45, 7) is 6.96. The molecule has 4 heterocycles. The summed E-state index contributed by atoms with van der Waals surface area (Å²) in [4.78, 5) is 42.4. The lowest BCUT2D eigenvalue weighted by Gasteiger charge is -2.32. The third kappa shape index (κ3) is 6.77. The Labute approximate surface area is 268 Å². The molecule has 3 aliphatic rings. The number of piperidine rings is 1. The first-order valence-corrected chi connectivity index (χ1v) is 16.8. The molecule has 2 atom stereocenters. The molecule has 3 saturated heterocycles. The van der Waals surface area contributed by atoms with Gasteiger partial charge < -0.3 is 19.4 Å². The lowest BCUT2D eigenvalue weighted by molar-refractivity contribution is -0.130. The zero-order valence-corrected chi connectivity index (χ0v) is 27.3. The molecule has 232 valence electrons. The van der Waals surface area contributed by atoms with Gasteiger partial charge in [0.15, 0.2) is 0 Å². The second-order valence-electron chi connectivity index (χ2n) is 12.5. The molecule has 0 bridgehead atoms. The van der Waals surface area contributed by atoms with Crippen molar-refractivity contribution in [2.24, 2.45) is 11.8 Å². The van der Waals surface area contributed by atoms with Crippen LogP contribution in [0.5, 0.6) is 5.75 Å². The van der Waals surface area contributed by atoms with Crippen molar-refractivity contribution in [1.29, 1.82) is 0 Å². The van der Waals surface area contributed by atoms with Crippen LogP contribution < -0.4 is 9.64 Å². The van der Waals surface area contributed by atoms with E-state index in [-0.39, 0.29) is 11.8 Å². The zero-order valence-electron chi connectivity index (χ0n) is 25.8. The number of amides is 2. The van der Waals surface area contributed by atoms with E-state index in [0.717, 1.165) is 104 Å². The van der Waals surface area contributed by atoms with Crippen molar-refractivity contribution in [3.8, 4) is 5.75 Å². The Hall–Kier alpha value is -3.46. The van der Waals surface area contributed by atoms with E-state index < -0.39 is 0 Å². The first kappa shape index (κ1) is 30.6. The predicted molar refractivity (Wildman–Crippen MR) is 175 cm³/mol. The number of ether oxygens (including phenoxy) is 1. The van der Waals surface area contributed by atoms with Crippen LogP contribution in [0.4, 0.5) is 5.95 Å². The molecule has 3 aliphatic heterocycles. The number of halogens is 1. The highest BCUT2D eigenvalue weighted by atomic mass is 79.9. The van der Waals surface area contributed by atoms with Crippen molar-refractivity contribution in [1.82, 2.24) is 19.8 Å². The Morgan fingerprint density at radius 1 is 0.909 bits per heavy atom. The molecule has 0 N–H and O–H groups in total. The average Bonchev–Trinajstić information content (AvgIpc) is 3.37. The van der Waals surface area contributed by atoms with Crippen molar-refractivity contribution in [2.45, 2.75) is 51.4 Å². The van der Waals surface area contributed by atoms with Gasteiger partial charge in [0.05, 0.1) is 13.5 Å². The molecule has 0 aliphatic carbocycles. The number of aromatic nitrogens is 2. The van der Waals surface area contributed by atoms with Gasteiger partial charge in [-0.15, -0.1) is 0 Å². The van der Waals surface area contributed by atoms with Gasteiger partial charge in [0, 0.05) is 67.3 Å². The average molecular weight is 661 g/mol. The maximum Gasteiger partial charge on any atom is 0.253 e. The van der Waals surface area contributed by atoms with Gasteiger partial charge in [-0.3, -0.25) is 9.59 Å². The third-order valence-corrected chi connectivity index (χ3v) is 10.3. The Balaban J connectivity index is 1.02. The minimum atomic E-state index is 0.136. The van der Waals surface area contributed by atoms with Crippen LogP contribution >= 0.6 is 15.9 Å². The van der Waals surface area contributed by atoms with Crippen LogP contribution in [0.1, 0.15) is 65.6 Å². The van der Waals surface area contributed by atoms with E-state index in [1.165, 1.54) is 5.56 Å². The summed E-state index contributed by atoms with van der Waals surface area (Å²) < 4.78 is 6.43. The summed E-state index contributed by atoms with van der Waals surface area (Å²) in [6.07, 6.45) is 9.05. The third-order valence-electron chi connectivity index (χ3n) is 9.83. The number of likely N-dealkylation sites (tertiary alicyclic amines) is 2. The lowest BCUT2D eigenvalue weighted by atomic mass is 9.88. The van der Waals surface area contributed by atoms with Gasteiger partial charge in [-0.1, -0.05) is 41.1 Å². The van der Waals surface area contributed by atoms with Crippen molar-refractivity contribution in [3.63, 3.8) is 0 Å². The molecule has 2 amide bonds. The maximum atomic E-state index is 13.7. The van der Waals surface area contributed by atoms with E-state index in [1.807, 2.05) is 47.6 Å². The van der Waals surface area contributed by atoms with Gasteiger partial charge in [0.2, 0.25) is 11.9 Å². The summed E-state index contributed by atoms with van der Waals surface area (Å²) in [7, 11) is 1.64. The number of nitrogens with zero attached hydrogens (tertiary/aromatic N) is 5. The molecule has 3 fully saturated rings. The fourth-order valence-electron chi connectivity index (χ4n) is 7.12. The maximum absolute atomic E-state index is 13.7. The summed E-state index contributed by atoms with van der Waals surface area (Å²) in [5.74, 6) is 3.11. The number of hydrogen-bond acceptors (Lipinski definition) is 6. The first-order valence-electron chi connectivity index (χ1n) is 16.0. The van der Waals surface area contributed by atoms with Gasteiger partial charge in [0.1, 0.15) is 5.75 Å². The highest BCUT2D eigenvalue weighted by Crippen LogP contribution is 2.34. The molecule has 1 aromatic heterocycles. The second-order valence-corrected chi connectivity index (χ2v) is 13.4. The molecule has 0 saturated carbocycles. The number of rotatable bonds is 7. The van der Waals surface area contributed by atoms with Crippen LogP contribution in [0.2, 0.25) is 0 Å². The lowest BCUT2D eigenvalue weighted by Crippen LogP contribution is -2.35. The molecule has 8 nitrogen and oxygen atoms in total. The van der Waals surface area contributed by atoms with E-state index in [0.29, 0.717) is 24.2 Å². The number of aryl methyl sites for hydroxylation is 1. The van der Waals surface area contributed by atoms with Gasteiger partial charge in [-0.25, -0.2) is 9.97 Å². The van der Waals surface area contributed by atoms with Gasteiger partial charge in [-0.2, -0.15) is 0 Å². The van der Waals surface area contributed by atoms with E-state index in [9.17, 15) is 9.59 Å². The Morgan fingerprint density at radius 3 is 2.27 bits per heavy atom. The predicted octanol–water partition coefficient (Wildman–Crippen LogP) is 5.75. The highest BCUT2D eigenvalue weighted by Gasteiger charge is 2.38. The SMILES string of the molecule is CCc1cnc(N2CCC(c3cccc(C(=O)N4C[C@H]5CCN(C(=O)Cc6ccc(Br)cc6OC)CC[C@H]5C4)c3)CC2)nc1. The molecular weight excluding hydrogens is 618 g/mol. The highest BCUT2D eigenvalue weighted by molar-refractivity contribution is 9.10. The molecule has 2 aromatic carbocycles. The second kappa shape index (κ2) is 13.7. The molecule has 0 unspecified atom stereocenters. The Kier molecular flexibility index (Phi) is 9.50. The standard InChI is InChI=1S/C35H42BrN5O3/c1-3-24-20-37-35(38-21-24)40-15-9-25(10-16-40)26-5-4-6-28(17-26)34(43)41-22-29-11-13-39(14-12-30(29)23-41)33(42)18-27-7-8-31(36)19-32(27)44-2/h4-8,17,19-21,25,29-30H,3,9-16,18,22-23H2,1-2H3/t29-,30+. The van der Waals surface area contributed by atoms with E-state index in [1.54, 1.807) is 7.11 Å². The minimum Gasteiger partial charge on any atom is -0.496 e. The van der Waals surface area contributed by atoms with Crippen LogP contribution in [0.25, 0.3) is 0 Å². The summed E-state index contributed by atoms with van der Waals surface area (Å²) in [5.41, 5.74) is 4.11. The topological polar surface area (TPSA) is 78.9 Å².